The molecule has 0 radical (unpaired) electrons. The molecule has 1 fully saturated rings. The molecule has 0 atom stereocenters. The number of nitrogens with two attached hydrogens (primary N) is 1. The number of carboxylic acid groups (broad SMARTS) is 1. The monoisotopic (exact) mass is 262 g/mol. The van der Waals surface area contributed by atoms with E-state index in [1.807, 2.05) is 12.1 Å². The number of aromatic carboxylic acids is 1. The van der Waals surface area contributed by atoms with Crippen LogP contribution in [0.4, 0.5) is 5.69 Å². The number of hydrogen-bond donors (Lipinski definition) is 2. The molecule has 0 spiro atoms. The predicted octanol–water partition coefficient (Wildman–Crippen LogP) is 2.73. The van der Waals surface area contributed by atoms with Crippen LogP contribution >= 0.6 is 0 Å². The van der Waals surface area contributed by atoms with Crippen LogP contribution in [0.3, 0.4) is 0 Å². The average molecular weight is 262 g/mol. The molecule has 0 bridgehead atoms. The summed E-state index contributed by atoms with van der Waals surface area (Å²) in [6.07, 6.45) is 6.28. The summed E-state index contributed by atoms with van der Waals surface area (Å²) in [5.41, 5.74) is 7.24. The summed E-state index contributed by atoms with van der Waals surface area (Å²) < 4.78 is 0. The number of benzene rings is 1. The van der Waals surface area contributed by atoms with Gasteiger partial charge in [-0.15, -0.1) is 0 Å². The number of nitrogens with zero attached hydrogens (tertiary/aromatic N) is 1. The second kappa shape index (κ2) is 6.57. The van der Waals surface area contributed by atoms with Crippen molar-refractivity contribution < 1.29 is 9.90 Å². The van der Waals surface area contributed by atoms with Gasteiger partial charge in [-0.25, -0.2) is 4.79 Å². The first kappa shape index (κ1) is 13.9. The average Bonchev–Trinajstić information content (AvgIpc) is 2.32. The summed E-state index contributed by atoms with van der Waals surface area (Å²) in [6, 6.07) is 5.36. The van der Waals surface area contributed by atoms with Gasteiger partial charge in [-0.3, -0.25) is 4.90 Å². The lowest BCUT2D eigenvalue weighted by molar-refractivity contribution is 0.0695. The van der Waals surface area contributed by atoms with E-state index < -0.39 is 5.97 Å². The van der Waals surface area contributed by atoms with Crippen molar-refractivity contribution in [2.75, 3.05) is 18.8 Å². The maximum absolute atomic E-state index is 11.3. The van der Waals surface area contributed by atoms with E-state index in [9.17, 15) is 9.90 Å². The quantitative estimate of drug-likeness (QED) is 0.822. The Balaban J connectivity index is 2.13. The zero-order valence-corrected chi connectivity index (χ0v) is 11.3. The van der Waals surface area contributed by atoms with Gasteiger partial charge < -0.3 is 10.8 Å². The fraction of sp³-hybridized carbons (Fsp3) is 0.533. The van der Waals surface area contributed by atoms with Gasteiger partial charge in [0.25, 0.3) is 0 Å². The normalized spacial score (nSPS) is 17.7. The molecule has 0 amide bonds. The SMILES string of the molecule is Nc1cccc(CN2CCCCCCC2)c1C(=O)O. The van der Waals surface area contributed by atoms with Gasteiger partial charge in [0.15, 0.2) is 0 Å². The van der Waals surface area contributed by atoms with Crippen LogP contribution in [0.25, 0.3) is 0 Å². The Morgan fingerprint density at radius 2 is 1.79 bits per heavy atom. The lowest BCUT2D eigenvalue weighted by Crippen LogP contribution is -2.27. The van der Waals surface area contributed by atoms with E-state index in [2.05, 4.69) is 4.90 Å². The van der Waals surface area contributed by atoms with Crippen molar-refractivity contribution in [1.82, 2.24) is 4.90 Å². The summed E-state index contributed by atoms with van der Waals surface area (Å²) in [7, 11) is 0. The van der Waals surface area contributed by atoms with Crippen LogP contribution in [0.1, 0.15) is 48.0 Å². The maximum atomic E-state index is 11.3. The Bertz CT molecular complexity index is 438. The summed E-state index contributed by atoms with van der Waals surface area (Å²) in [4.78, 5) is 13.7. The molecular formula is C15H22N2O2. The first-order chi connectivity index (χ1) is 9.18. The zero-order chi connectivity index (χ0) is 13.7. The number of likely N-dealkylation sites (tertiary alicyclic amines) is 1. The fourth-order valence-corrected chi connectivity index (χ4v) is 2.72. The van der Waals surface area contributed by atoms with E-state index in [4.69, 9.17) is 5.73 Å². The molecule has 3 N–H and O–H groups in total. The molecule has 1 aliphatic heterocycles. The summed E-state index contributed by atoms with van der Waals surface area (Å²) >= 11 is 0. The van der Waals surface area contributed by atoms with Crippen molar-refractivity contribution >= 4 is 11.7 Å². The van der Waals surface area contributed by atoms with Gasteiger partial charge in [-0.1, -0.05) is 31.4 Å². The summed E-state index contributed by atoms with van der Waals surface area (Å²) in [5.74, 6) is -0.930. The molecule has 4 heteroatoms. The molecule has 0 aromatic heterocycles. The summed E-state index contributed by atoms with van der Waals surface area (Å²) in [6.45, 7) is 2.79. The molecule has 1 aromatic rings. The van der Waals surface area contributed by atoms with Crippen LogP contribution in [0.2, 0.25) is 0 Å². The number of carbonyl (C=O) groups is 1. The Kier molecular flexibility index (Phi) is 4.80. The number of nitrogen functional groups attached to an aromatic ring is 1. The highest BCUT2D eigenvalue weighted by atomic mass is 16.4. The smallest absolute Gasteiger partial charge is 0.338 e. The fourth-order valence-electron chi connectivity index (χ4n) is 2.72. The first-order valence-electron chi connectivity index (χ1n) is 7.01. The maximum Gasteiger partial charge on any atom is 0.338 e. The van der Waals surface area contributed by atoms with E-state index in [1.54, 1.807) is 6.07 Å². The minimum absolute atomic E-state index is 0.268. The van der Waals surface area contributed by atoms with Crippen LogP contribution in [0.5, 0.6) is 0 Å². The molecule has 1 aliphatic rings. The molecule has 0 unspecified atom stereocenters. The van der Waals surface area contributed by atoms with Gasteiger partial charge in [0.2, 0.25) is 0 Å². The number of hydrogen-bond acceptors (Lipinski definition) is 3. The van der Waals surface area contributed by atoms with Crippen LogP contribution in [0, 0.1) is 0 Å². The van der Waals surface area contributed by atoms with Gasteiger partial charge in [-0.2, -0.15) is 0 Å². The first-order valence-corrected chi connectivity index (χ1v) is 7.01. The minimum atomic E-state index is -0.930. The van der Waals surface area contributed by atoms with Gasteiger partial charge in [0.1, 0.15) is 0 Å². The third-order valence-electron chi connectivity index (χ3n) is 3.74. The van der Waals surface area contributed by atoms with Crippen LogP contribution in [-0.4, -0.2) is 29.1 Å². The molecule has 1 aromatic carbocycles. The van der Waals surface area contributed by atoms with Crippen LogP contribution in [0.15, 0.2) is 18.2 Å². The second-order valence-electron chi connectivity index (χ2n) is 5.23. The lowest BCUT2D eigenvalue weighted by Gasteiger charge is -2.25. The van der Waals surface area contributed by atoms with Crippen molar-refractivity contribution in [2.45, 2.75) is 38.6 Å². The van der Waals surface area contributed by atoms with E-state index >= 15 is 0 Å². The van der Waals surface area contributed by atoms with Gasteiger partial charge >= 0.3 is 5.97 Å². The van der Waals surface area contributed by atoms with E-state index in [0.717, 1.165) is 18.7 Å². The van der Waals surface area contributed by atoms with Gasteiger partial charge in [0.05, 0.1) is 5.56 Å². The van der Waals surface area contributed by atoms with Crippen molar-refractivity contribution in [1.29, 1.82) is 0 Å². The van der Waals surface area contributed by atoms with E-state index in [0.29, 0.717) is 12.2 Å². The third-order valence-corrected chi connectivity index (χ3v) is 3.74. The molecule has 4 nitrogen and oxygen atoms in total. The van der Waals surface area contributed by atoms with Crippen LogP contribution in [-0.2, 0) is 6.54 Å². The summed E-state index contributed by atoms with van der Waals surface area (Å²) in [5, 5.41) is 9.28. The highest BCUT2D eigenvalue weighted by molar-refractivity contribution is 5.95. The van der Waals surface area contributed by atoms with Gasteiger partial charge in [-0.05, 0) is 37.6 Å². The number of carboxylic acids is 1. The standard InChI is InChI=1S/C15H22N2O2/c16-13-8-6-7-12(14(13)15(18)19)11-17-9-4-2-1-3-5-10-17/h6-8H,1-5,9-11,16H2,(H,18,19). The number of rotatable bonds is 3. The second-order valence-corrected chi connectivity index (χ2v) is 5.23. The largest absolute Gasteiger partial charge is 0.478 e. The zero-order valence-electron chi connectivity index (χ0n) is 11.3. The Morgan fingerprint density at radius 1 is 1.16 bits per heavy atom. The van der Waals surface area contributed by atoms with Gasteiger partial charge in [0, 0.05) is 12.2 Å². The van der Waals surface area contributed by atoms with Crippen molar-refractivity contribution in [2.24, 2.45) is 0 Å². The molecule has 1 saturated heterocycles. The highest BCUT2D eigenvalue weighted by Crippen LogP contribution is 2.20. The van der Waals surface area contributed by atoms with Crippen molar-refractivity contribution in [3.63, 3.8) is 0 Å². The van der Waals surface area contributed by atoms with E-state index in [-0.39, 0.29) is 5.56 Å². The molecule has 2 rings (SSSR count). The Labute approximate surface area is 114 Å². The molecule has 0 aliphatic carbocycles. The molecular weight excluding hydrogens is 240 g/mol. The molecule has 104 valence electrons. The highest BCUT2D eigenvalue weighted by Gasteiger charge is 2.16. The Hall–Kier alpha value is -1.55. The van der Waals surface area contributed by atoms with E-state index in [1.165, 1.54) is 32.1 Å². The van der Waals surface area contributed by atoms with Crippen molar-refractivity contribution in [3.8, 4) is 0 Å². The lowest BCUT2D eigenvalue weighted by atomic mass is 10.0. The number of anilines is 1. The molecule has 19 heavy (non-hydrogen) atoms. The topological polar surface area (TPSA) is 66.6 Å². The predicted molar refractivity (Wildman–Crippen MR) is 76.2 cm³/mol. The minimum Gasteiger partial charge on any atom is -0.478 e. The van der Waals surface area contributed by atoms with Crippen molar-refractivity contribution in [3.05, 3.63) is 29.3 Å². The Morgan fingerprint density at radius 3 is 2.42 bits per heavy atom. The molecule has 1 heterocycles. The third kappa shape index (κ3) is 3.70. The van der Waals surface area contributed by atoms with Crippen LogP contribution < -0.4 is 5.73 Å². The molecule has 0 saturated carbocycles.